The van der Waals surface area contributed by atoms with E-state index in [1.807, 2.05) is 31.2 Å². The molecule has 0 radical (unpaired) electrons. The minimum Gasteiger partial charge on any atom is -0.478 e. The number of carbonyl (C=O) groups excluding carboxylic acids is 1. The van der Waals surface area contributed by atoms with Crippen LogP contribution in [0.2, 0.25) is 0 Å². The molecule has 0 fully saturated rings. The summed E-state index contributed by atoms with van der Waals surface area (Å²) < 4.78 is 0.931. The predicted molar refractivity (Wildman–Crippen MR) is 86.0 cm³/mol. The summed E-state index contributed by atoms with van der Waals surface area (Å²) in [6, 6.07) is 8.43. The molecule has 1 aromatic carbocycles. The number of amides is 2. The van der Waals surface area contributed by atoms with Gasteiger partial charge in [-0.05, 0) is 36.1 Å². The van der Waals surface area contributed by atoms with Gasteiger partial charge in [-0.25, -0.2) is 9.59 Å². The normalized spacial score (nSPS) is 11.7. The van der Waals surface area contributed by atoms with Crippen LogP contribution in [0.4, 0.5) is 9.80 Å². The lowest BCUT2D eigenvalue weighted by atomic mass is 10.1. The van der Waals surface area contributed by atoms with Crippen LogP contribution in [0.15, 0.2) is 40.2 Å². The molecule has 1 heterocycles. The van der Waals surface area contributed by atoms with E-state index >= 15 is 0 Å². The van der Waals surface area contributed by atoms with Gasteiger partial charge < -0.3 is 10.4 Å². The summed E-state index contributed by atoms with van der Waals surface area (Å²) in [5, 5.41) is 16.3. The van der Waals surface area contributed by atoms with Gasteiger partial charge in [0, 0.05) is 4.47 Å². The molecule has 21 heavy (non-hydrogen) atoms. The lowest BCUT2D eigenvalue weighted by molar-refractivity contribution is 0.0698. The van der Waals surface area contributed by atoms with Crippen LogP contribution >= 0.6 is 27.3 Å². The first kappa shape index (κ1) is 15.5. The molecule has 5 nitrogen and oxygen atoms in total. The third-order valence-corrected chi connectivity index (χ3v) is 4.14. The Morgan fingerprint density at radius 1 is 1.33 bits per heavy atom. The topological polar surface area (TPSA) is 78.4 Å². The van der Waals surface area contributed by atoms with Crippen LogP contribution in [-0.4, -0.2) is 17.1 Å². The van der Waals surface area contributed by atoms with Crippen LogP contribution < -0.4 is 10.6 Å². The van der Waals surface area contributed by atoms with Gasteiger partial charge in [0.25, 0.3) is 0 Å². The maximum atomic E-state index is 11.9. The highest BCUT2D eigenvalue weighted by atomic mass is 79.9. The number of benzene rings is 1. The zero-order valence-electron chi connectivity index (χ0n) is 11.1. The molecule has 2 amide bonds. The lowest BCUT2D eigenvalue weighted by Gasteiger charge is -2.15. The molecule has 0 spiro atoms. The molecule has 0 saturated heterocycles. The Labute approximate surface area is 134 Å². The van der Waals surface area contributed by atoms with E-state index in [1.165, 1.54) is 17.4 Å². The van der Waals surface area contributed by atoms with Crippen LogP contribution in [0.25, 0.3) is 0 Å². The van der Waals surface area contributed by atoms with Crippen LogP contribution in [0.1, 0.15) is 28.9 Å². The molecule has 2 aromatic rings. The molecule has 110 valence electrons. The summed E-state index contributed by atoms with van der Waals surface area (Å²) in [6.07, 6.45) is 0. The Balaban J connectivity index is 2.01. The predicted octanol–water partition coefficient (Wildman–Crippen LogP) is 4.09. The standard InChI is InChI=1S/C14H13BrN2O3S/c1-8(9-3-2-4-10(15)7-9)16-14(20)17-12-11(13(18)19)5-6-21-12/h2-8H,1H3,(H,18,19)(H2,16,17,20). The molecular weight excluding hydrogens is 356 g/mol. The Morgan fingerprint density at radius 2 is 2.10 bits per heavy atom. The van der Waals surface area contributed by atoms with Crippen molar-refractivity contribution in [3.8, 4) is 0 Å². The summed E-state index contributed by atoms with van der Waals surface area (Å²) in [5.74, 6) is -1.06. The minimum atomic E-state index is -1.06. The number of aromatic carboxylic acids is 1. The number of nitrogens with one attached hydrogen (secondary N) is 2. The fourth-order valence-corrected chi connectivity index (χ4v) is 2.96. The first-order chi connectivity index (χ1) is 9.97. The Hall–Kier alpha value is -1.86. The summed E-state index contributed by atoms with van der Waals surface area (Å²) in [7, 11) is 0. The van der Waals surface area contributed by atoms with E-state index < -0.39 is 12.0 Å². The monoisotopic (exact) mass is 368 g/mol. The van der Waals surface area contributed by atoms with E-state index in [0.717, 1.165) is 10.0 Å². The molecule has 0 aliphatic carbocycles. The van der Waals surface area contributed by atoms with Gasteiger partial charge in [0.2, 0.25) is 0 Å². The Morgan fingerprint density at radius 3 is 2.76 bits per heavy atom. The van der Waals surface area contributed by atoms with Gasteiger partial charge in [-0.3, -0.25) is 5.32 Å². The minimum absolute atomic E-state index is 0.0882. The van der Waals surface area contributed by atoms with Gasteiger partial charge in [-0.15, -0.1) is 11.3 Å². The van der Waals surface area contributed by atoms with E-state index in [0.29, 0.717) is 5.00 Å². The molecule has 0 bridgehead atoms. The fraction of sp³-hybridized carbons (Fsp3) is 0.143. The van der Waals surface area contributed by atoms with Gasteiger partial charge in [-0.2, -0.15) is 0 Å². The summed E-state index contributed by atoms with van der Waals surface area (Å²) in [4.78, 5) is 22.9. The van der Waals surface area contributed by atoms with Crippen molar-refractivity contribution in [2.75, 3.05) is 5.32 Å². The van der Waals surface area contributed by atoms with E-state index in [1.54, 1.807) is 5.38 Å². The van der Waals surface area contributed by atoms with E-state index in [9.17, 15) is 9.59 Å². The second kappa shape index (κ2) is 6.73. The number of thiophene rings is 1. The first-order valence-corrected chi connectivity index (χ1v) is 7.78. The number of halogens is 1. The third kappa shape index (κ3) is 4.05. The van der Waals surface area contributed by atoms with Crippen LogP contribution in [0, 0.1) is 0 Å². The summed E-state index contributed by atoms with van der Waals surface area (Å²) >= 11 is 4.55. The highest BCUT2D eigenvalue weighted by molar-refractivity contribution is 9.10. The van der Waals surface area contributed by atoms with Crippen molar-refractivity contribution >= 4 is 44.3 Å². The highest BCUT2D eigenvalue weighted by Gasteiger charge is 2.15. The maximum Gasteiger partial charge on any atom is 0.338 e. The average Bonchev–Trinajstić information content (AvgIpc) is 2.86. The number of anilines is 1. The van der Waals surface area contributed by atoms with E-state index in [4.69, 9.17) is 5.11 Å². The van der Waals surface area contributed by atoms with Crippen LogP contribution in [0.3, 0.4) is 0 Å². The molecular formula is C14H13BrN2O3S. The molecule has 2 rings (SSSR count). The van der Waals surface area contributed by atoms with Crippen LogP contribution in [-0.2, 0) is 0 Å². The Bertz CT molecular complexity index is 672. The van der Waals surface area contributed by atoms with Gasteiger partial charge in [-0.1, -0.05) is 28.1 Å². The molecule has 7 heteroatoms. The van der Waals surface area contributed by atoms with Crippen molar-refractivity contribution in [2.45, 2.75) is 13.0 Å². The zero-order chi connectivity index (χ0) is 15.4. The molecule has 0 aliphatic rings. The smallest absolute Gasteiger partial charge is 0.338 e. The SMILES string of the molecule is CC(NC(=O)Nc1sccc1C(=O)O)c1cccc(Br)c1. The summed E-state index contributed by atoms with van der Waals surface area (Å²) in [6.45, 7) is 1.86. The largest absolute Gasteiger partial charge is 0.478 e. The van der Waals surface area contributed by atoms with Gasteiger partial charge >= 0.3 is 12.0 Å². The molecule has 1 unspecified atom stereocenters. The quantitative estimate of drug-likeness (QED) is 0.760. The number of carboxylic acids is 1. The molecule has 1 aromatic heterocycles. The van der Waals surface area contributed by atoms with Crippen molar-refractivity contribution < 1.29 is 14.7 Å². The molecule has 0 aliphatic heterocycles. The average molecular weight is 369 g/mol. The van der Waals surface area contributed by atoms with Gasteiger partial charge in [0.15, 0.2) is 0 Å². The van der Waals surface area contributed by atoms with E-state index in [2.05, 4.69) is 26.6 Å². The van der Waals surface area contributed by atoms with Crippen molar-refractivity contribution in [2.24, 2.45) is 0 Å². The zero-order valence-corrected chi connectivity index (χ0v) is 13.5. The number of urea groups is 1. The number of hydrogen-bond acceptors (Lipinski definition) is 3. The highest BCUT2D eigenvalue weighted by Crippen LogP contribution is 2.23. The molecule has 1 atom stereocenters. The van der Waals surface area contributed by atoms with Gasteiger partial charge in [0.05, 0.1) is 11.6 Å². The molecule has 0 saturated carbocycles. The third-order valence-electron chi connectivity index (χ3n) is 2.82. The second-order valence-electron chi connectivity index (χ2n) is 4.34. The first-order valence-electron chi connectivity index (χ1n) is 6.11. The lowest BCUT2D eigenvalue weighted by Crippen LogP contribution is -2.31. The van der Waals surface area contributed by atoms with Gasteiger partial charge in [0.1, 0.15) is 5.00 Å². The van der Waals surface area contributed by atoms with E-state index in [-0.39, 0.29) is 11.6 Å². The Kier molecular flexibility index (Phi) is 4.98. The summed E-state index contributed by atoms with van der Waals surface area (Å²) in [5.41, 5.74) is 1.04. The number of hydrogen-bond donors (Lipinski definition) is 3. The van der Waals surface area contributed by atoms with Crippen molar-refractivity contribution in [3.05, 3.63) is 51.3 Å². The number of carboxylic acid groups (broad SMARTS) is 1. The second-order valence-corrected chi connectivity index (χ2v) is 6.18. The molecule has 3 N–H and O–H groups in total. The van der Waals surface area contributed by atoms with Crippen molar-refractivity contribution in [3.63, 3.8) is 0 Å². The van der Waals surface area contributed by atoms with Crippen LogP contribution in [0.5, 0.6) is 0 Å². The fourth-order valence-electron chi connectivity index (χ4n) is 1.77. The maximum absolute atomic E-state index is 11.9. The number of rotatable bonds is 4. The number of carbonyl (C=O) groups is 2. The van der Waals surface area contributed by atoms with Crippen molar-refractivity contribution in [1.82, 2.24) is 5.32 Å². The van der Waals surface area contributed by atoms with Crippen molar-refractivity contribution in [1.29, 1.82) is 0 Å².